The lowest BCUT2D eigenvalue weighted by Gasteiger charge is -2.35. The molecule has 13 aromatic rings. The maximum atomic E-state index is 6.63. The zero-order chi connectivity index (χ0) is 46.2. The van der Waals surface area contributed by atoms with Crippen molar-refractivity contribution in [3.8, 4) is 39.1 Å². The van der Waals surface area contributed by atoms with Crippen LogP contribution in [0, 0.1) is 0 Å². The molecule has 0 spiro atoms. The van der Waals surface area contributed by atoms with Crippen LogP contribution >= 0.6 is 0 Å². The minimum Gasteiger partial charge on any atom is -0.454 e. The van der Waals surface area contributed by atoms with E-state index in [-0.39, 0.29) is 0 Å². The number of hydrogen-bond acceptors (Lipinski definition) is 2. The number of fused-ring (bicyclic) bond motifs is 10. The Morgan fingerprint density at radius 1 is 0.343 bits per heavy atom. The van der Waals surface area contributed by atoms with Crippen LogP contribution in [0.1, 0.15) is 22.3 Å². The molecule has 0 saturated heterocycles. The summed E-state index contributed by atoms with van der Waals surface area (Å²) in [4.78, 5) is 2.41. The molecule has 1 aliphatic carbocycles. The molecule has 1 aliphatic rings. The first-order valence-electron chi connectivity index (χ1n) is 24.1. The summed E-state index contributed by atoms with van der Waals surface area (Å²) in [6.07, 6.45) is 0. The van der Waals surface area contributed by atoms with Gasteiger partial charge in [0.05, 0.1) is 16.4 Å². The van der Waals surface area contributed by atoms with E-state index in [1.807, 2.05) is 6.07 Å². The van der Waals surface area contributed by atoms with Gasteiger partial charge >= 0.3 is 0 Å². The summed E-state index contributed by atoms with van der Waals surface area (Å²) >= 11 is 0. The van der Waals surface area contributed by atoms with E-state index >= 15 is 0 Å². The van der Waals surface area contributed by atoms with Gasteiger partial charge in [-0.3, -0.25) is 0 Å². The van der Waals surface area contributed by atoms with E-state index in [4.69, 9.17) is 4.42 Å². The molecular weight excluding hydrogens is 849 g/mol. The highest BCUT2D eigenvalue weighted by atomic mass is 16.3. The molecule has 0 unspecified atom stereocenters. The molecule has 0 saturated carbocycles. The monoisotopic (exact) mass is 892 g/mol. The third-order valence-corrected chi connectivity index (χ3v) is 14.7. The zero-order valence-electron chi connectivity index (χ0n) is 38.2. The van der Waals surface area contributed by atoms with Gasteiger partial charge in [0.25, 0.3) is 0 Å². The van der Waals surface area contributed by atoms with Crippen LogP contribution in [0.5, 0.6) is 0 Å². The number of nitrogens with zero attached hydrogens (tertiary/aromatic N) is 2. The molecule has 0 atom stereocenters. The minimum atomic E-state index is -0.513. The molecule has 0 N–H and O–H groups in total. The first kappa shape index (κ1) is 39.9. The fourth-order valence-corrected chi connectivity index (χ4v) is 11.6. The second-order valence-electron chi connectivity index (χ2n) is 18.4. The number of aromatic nitrogens is 1. The second-order valence-corrected chi connectivity index (χ2v) is 18.4. The average Bonchev–Trinajstić information content (AvgIpc) is 4.09. The molecule has 3 nitrogen and oxygen atoms in total. The van der Waals surface area contributed by atoms with Gasteiger partial charge in [-0.25, -0.2) is 0 Å². The first-order valence-corrected chi connectivity index (χ1v) is 24.1. The Morgan fingerprint density at radius 2 is 0.843 bits per heavy atom. The van der Waals surface area contributed by atoms with Gasteiger partial charge < -0.3 is 13.9 Å². The summed E-state index contributed by atoms with van der Waals surface area (Å²) in [6, 6.07) is 97.2. The summed E-state index contributed by atoms with van der Waals surface area (Å²) < 4.78 is 9.00. The highest BCUT2D eigenvalue weighted by molar-refractivity contribution is 6.21. The molecule has 328 valence electrons. The Morgan fingerprint density at radius 3 is 1.51 bits per heavy atom. The third kappa shape index (κ3) is 6.08. The average molecular weight is 893 g/mol. The van der Waals surface area contributed by atoms with E-state index < -0.39 is 5.41 Å². The Bertz CT molecular complexity index is 4040. The van der Waals surface area contributed by atoms with Gasteiger partial charge in [-0.05, 0) is 122 Å². The molecule has 0 radical (unpaired) electrons. The van der Waals surface area contributed by atoms with Crippen LogP contribution in [0.25, 0.3) is 82.8 Å². The van der Waals surface area contributed by atoms with Crippen molar-refractivity contribution in [2.75, 3.05) is 4.90 Å². The molecule has 70 heavy (non-hydrogen) atoms. The third-order valence-electron chi connectivity index (χ3n) is 14.7. The summed E-state index contributed by atoms with van der Waals surface area (Å²) in [7, 11) is 0. The lowest BCUT2D eigenvalue weighted by Crippen LogP contribution is -2.28. The molecule has 0 aliphatic heterocycles. The summed E-state index contributed by atoms with van der Waals surface area (Å²) in [5.74, 6) is 0. The molecule has 0 amide bonds. The lowest BCUT2D eigenvalue weighted by molar-refractivity contribution is 0.671. The van der Waals surface area contributed by atoms with Gasteiger partial charge in [0.15, 0.2) is 5.58 Å². The SMILES string of the molecule is c1ccc(-c2ccc(N(c3ccc(-c4ccc(-n5c6ccccc6c6ccc7c8ccccc8oc7c65)cc4)cc3)c3ccc4c(c3)C(c3ccccc3)(c3ccccc3)c3ccccc3-4)cc2)cc1. The number of benzene rings is 11. The van der Waals surface area contributed by atoms with Crippen molar-refractivity contribution >= 4 is 60.8 Å². The highest BCUT2D eigenvalue weighted by Crippen LogP contribution is 2.57. The van der Waals surface area contributed by atoms with Gasteiger partial charge in [0, 0.05) is 44.3 Å². The quantitative estimate of drug-likeness (QED) is 0.152. The molecule has 0 bridgehead atoms. The van der Waals surface area contributed by atoms with Crippen LogP contribution in [0.3, 0.4) is 0 Å². The van der Waals surface area contributed by atoms with Crippen LogP contribution in [0.4, 0.5) is 17.1 Å². The predicted octanol–water partition coefficient (Wildman–Crippen LogP) is 17.8. The maximum Gasteiger partial charge on any atom is 0.160 e. The highest BCUT2D eigenvalue weighted by Gasteiger charge is 2.46. The Balaban J connectivity index is 0.889. The number of anilines is 3. The van der Waals surface area contributed by atoms with Crippen LogP contribution < -0.4 is 4.90 Å². The van der Waals surface area contributed by atoms with E-state index in [1.54, 1.807) is 0 Å². The fourth-order valence-electron chi connectivity index (χ4n) is 11.6. The van der Waals surface area contributed by atoms with Crippen LogP contribution in [-0.4, -0.2) is 4.57 Å². The molecule has 0 fully saturated rings. The second kappa shape index (κ2) is 16.0. The minimum absolute atomic E-state index is 0.513. The van der Waals surface area contributed by atoms with E-state index in [0.29, 0.717) is 0 Å². The van der Waals surface area contributed by atoms with E-state index in [0.717, 1.165) is 66.8 Å². The largest absolute Gasteiger partial charge is 0.454 e. The van der Waals surface area contributed by atoms with Gasteiger partial charge in [-0.1, -0.05) is 200 Å². The van der Waals surface area contributed by atoms with Crippen LogP contribution in [-0.2, 0) is 5.41 Å². The normalized spacial score (nSPS) is 12.7. The van der Waals surface area contributed by atoms with Crippen LogP contribution in [0.2, 0.25) is 0 Å². The zero-order valence-corrected chi connectivity index (χ0v) is 38.2. The molecule has 3 heteroatoms. The van der Waals surface area contributed by atoms with Gasteiger partial charge in [0.1, 0.15) is 5.58 Å². The standard InChI is InChI=1S/C67H44N2O/c1-4-16-45(17-5-1)46-28-34-51(35-29-46)68(54-40-41-56-55-22-10-13-25-61(55)67(62(56)44-54,49-18-6-2-7-19-49)50-20-8-3-9-21-50)52-36-30-47(31-37-52)48-32-38-53(39-33-48)69-63-26-14-11-23-57(63)59-42-43-60-58-24-12-15-27-64(58)70-66(60)65(59)69/h1-44H. The fraction of sp³-hybridized carbons (Fsp3) is 0.0149. The molecule has 11 aromatic carbocycles. The summed E-state index contributed by atoms with van der Waals surface area (Å²) in [6.45, 7) is 0. The van der Waals surface area contributed by atoms with Gasteiger partial charge in [-0.2, -0.15) is 0 Å². The van der Waals surface area contributed by atoms with Gasteiger partial charge in [0.2, 0.25) is 0 Å². The van der Waals surface area contributed by atoms with Crippen LogP contribution in [0.15, 0.2) is 271 Å². The number of furan rings is 1. The Kier molecular flexibility index (Phi) is 9.11. The molecule has 14 rings (SSSR count). The van der Waals surface area contributed by atoms with Gasteiger partial charge in [-0.15, -0.1) is 0 Å². The molecular formula is C67H44N2O. The van der Waals surface area contributed by atoms with Crippen molar-refractivity contribution in [2.24, 2.45) is 0 Å². The summed E-state index contributed by atoms with van der Waals surface area (Å²) in [5.41, 5.74) is 20.2. The van der Waals surface area contributed by atoms with E-state index in [1.165, 1.54) is 55.3 Å². The lowest BCUT2D eigenvalue weighted by atomic mass is 9.67. The number of para-hydroxylation sites is 2. The van der Waals surface area contributed by atoms with Crippen molar-refractivity contribution in [2.45, 2.75) is 5.41 Å². The van der Waals surface area contributed by atoms with Crippen molar-refractivity contribution in [1.82, 2.24) is 4.57 Å². The predicted molar refractivity (Wildman–Crippen MR) is 291 cm³/mol. The molecule has 2 aromatic heterocycles. The van der Waals surface area contributed by atoms with E-state index in [2.05, 4.69) is 270 Å². The Labute approximate surface area is 406 Å². The molecule has 2 heterocycles. The summed E-state index contributed by atoms with van der Waals surface area (Å²) in [5, 5.41) is 4.64. The first-order chi connectivity index (χ1) is 34.7. The topological polar surface area (TPSA) is 21.3 Å². The van der Waals surface area contributed by atoms with Crippen molar-refractivity contribution in [3.05, 3.63) is 289 Å². The van der Waals surface area contributed by atoms with E-state index in [9.17, 15) is 0 Å². The number of hydrogen-bond donors (Lipinski definition) is 0. The van der Waals surface area contributed by atoms with Crippen molar-refractivity contribution in [1.29, 1.82) is 0 Å². The smallest absolute Gasteiger partial charge is 0.160 e. The number of rotatable bonds is 8. The maximum absolute atomic E-state index is 6.63. The van der Waals surface area contributed by atoms with Crippen molar-refractivity contribution in [3.63, 3.8) is 0 Å². The Hall–Kier alpha value is -9.18. The van der Waals surface area contributed by atoms with Crippen molar-refractivity contribution < 1.29 is 4.42 Å².